The Morgan fingerprint density at radius 2 is 2.19 bits per heavy atom. The van der Waals surface area contributed by atoms with E-state index in [0.29, 0.717) is 41.4 Å². The van der Waals surface area contributed by atoms with Gasteiger partial charge in [0, 0.05) is 18.3 Å². The molecule has 1 N–H and O–H groups in total. The molecule has 0 aromatic carbocycles. The molecule has 4 heterocycles. The smallest absolute Gasteiger partial charge is 0.258 e. The van der Waals surface area contributed by atoms with Gasteiger partial charge in [-0.25, -0.2) is 15.0 Å². The molecule has 1 fully saturated rings. The van der Waals surface area contributed by atoms with Crippen molar-refractivity contribution >= 4 is 22.8 Å². The maximum absolute atomic E-state index is 13.2. The largest absolute Gasteiger partial charge is 0.445 e. The van der Waals surface area contributed by atoms with Crippen molar-refractivity contribution in [1.29, 1.82) is 0 Å². The second-order valence-electron chi connectivity index (χ2n) is 7.61. The van der Waals surface area contributed by atoms with E-state index in [9.17, 15) is 4.79 Å². The van der Waals surface area contributed by atoms with E-state index in [1.807, 2.05) is 13.1 Å². The van der Waals surface area contributed by atoms with E-state index in [1.165, 1.54) is 12.6 Å². The number of anilines is 1. The number of aromatic nitrogens is 4. The third kappa shape index (κ3) is 2.81. The second kappa shape index (κ2) is 5.73. The predicted molar refractivity (Wildman–Crippen MR) is 98.3 cm³/mol. The highest BCUT2D eigenvalue weighted by molar-refractivity contribution is 6.09. The molecule has 138 valence electrons. The summed E-state index contributed by atoms with van der Waals surface area (Å²) in [4.78, 5) is 32.3. The van der Waals surface area contributed by atoms with Crippen LogP contribution < -0.4 is 5.32 Å². The van der Waals surface area contributed by atoms with E-state index in [0.717, 1.165) is 30.5 Å². The topological polar surface area (TPSA) is 97.0 Å². The van der Waals surface area contributed by atoms with Crippen LogP contribution in [0.3, 0.4) is 0 Å². The molecular formula is C19H20N6O2. The highest BCUT2D eigenvalue weighted by Gasteiger charge is 2.38. The van der Waals surface area contributed by atoms with Crippen LogP contribution in [0, 0.1) is 6.92 Å². The Morgan fingerprint density at radius 1 is 1.33 bits per heavy atom. The van der Waals surface area contributed by atoms with Crippen LogP contribution in [0.1, 0.15) is 47.2 Å². The Bertz CT molecular complexity index is 1060. The minimum Gasteiger partial charge on any atom is -0.445 e. The maximum Gasteiger partial charge on any atom is 0.258 e. The first kappa shape index (κ1) is 16.2. The fourth-order valence-electron chi connectivity index (χ4n) is 3.49. The molecule has 0 spiro atoms. The lowest BCUT2D eigenvalue weighted by Gasteiger charge is -2.27. The van der Waals surface area contributed by atoms with Crippen molar-refractivity contribution < 1.29 is 9.21 Å². The van der Waals surface area contributed by atoms with Crippen LogP contribution in [0.4, 0.5) is 5.82 Å². The van der Waals surface area contributed by atoms with Gasteiger partial charge in [-0.05, 0) is 38.7 Å². The van der Waals surface area contributed by atoms with Crippen LogP contribution in [-0.4, -0.2) is 42.8 Å². The minimum absolute atomic E-state index is 0.0340. The monoisotopic (exact) mass is 364 g/mol. The van der Waals surface area contributed by atoms with Gasteiger partial charge < -0.3 is 14.6 Å². The molecule has 1 amide bonds. The van der Waals surface area contributed by atoms with Crippen LogP contribution in [-0.2, 0) is 13.0 Å². The van der Waals surface area contributed by atoms with Gasteiger partial charge in [0.2, 0.25) is 5.71 Å². The summed E-state index contributed by atoms with van der Waals surface area (Å²) in [5.74, 6) is 1.20. The molecule has 0 radical (unpaired) electrons. The number of amides is 1. The summed E-state index contributed by atoms with van der Waals surface area (Å²) in [7, 11) is 0. The van der Waals surface area contributed by atoms with Crippen molar-refractivity contribution in [2.75, 3.05) is 11.9 Å². The fraction of sp³-hybridized carbons (Fsp3) is 0.421. The van der Waals surface area contributed by atoms with Crippen molar-refractivity contribution in [3.8, 4) is 0 Å². The van der Waals surface area contributed by atoms with E-state index < -0.39 is 0 Å². The number of carbonyl (C=O) groups excluding carboxylic acids is 1. The molecule has 8 heteroatoms. The summed E-state index contributed by atoms with van der Waals surface area (Å²) < 4.78 is 5.62. The Balaban J connectivity index is 1.52. The van der Waals surface area contributed by atoms with Crippen LogP contribution in [0.2, 0.25) is 0 Å². The molecule has 1 aliphatic carbocycles. The lowest BCUT2D eigenvalue weighted by Crippen LogP contribution is -2.36. The Labute approximate surface area is 156 Å². The first-order valence-corrected chi connectivity index (χ1v) is 9.13. The Hall–Kier alpha value is -3.03. The Morgan fingerprint density at radius 3 is 3.00 bits per heavy atom. The molecule has 1 saturated carbocycles. The average molecular weight is 364 g/mol. The highest BCUT2D eigenvalue weighted by Crippen LogP contribution is 2.40. The van der Waals surface area contributed by atoms with Gasteiger partial charge in [-0.1, -0.05) is 0 Å². The van der Waals surface area contributed by atoms with Gasteiger partial charge in [-0.3, -0.25) is 4.79 Å². The number of carbonyl (C=O) groups is 1. The molecule has 0 unspecified atom stereocenters. The molecule has 0 saturated heterocycles. The summed E-state index contributed by atoms with van der Waals surface area (Å²) in [6.07, 6.45) is 7.76. The summed E-state index contributed by atoms with van der Waals surface area (Å²) in [5.41, 5.74) is 2.97. The summed E-state index contributed by atoms with van der Waals surface area (Å²) in [5, 5.41) is 4.13. The molecule has 1 aliphatic heterocycles. The zero-order valence-corrected chi connectivity index (χ0v) is 15.3. The molecule has 3 aromatic heterocycles. The van der Waals surface area contributed by atoms with Gasteiger partial charge in [0.15, 0.2) is 0 Å². The quantitative estimate of drug-likeness (QED) is 0.762. The number of furan rings is 1. The normalized spacial score (nSPS) is 17.6. The highest BCUT2D eigenvalue weighted by atomic mass is 16.3. The fourth-order valence-corrected chi connectivity index (χ4v) is 3.49. The predicted octanol–water partition coefficient (Wildman–Crippen LogP) is 2.48. The number of nitrogens with zero attached hydrogens (tertiary/aromatic N) is 5. The number of hydrogen-bond donors (Lipinski definition) is 1. The number of aryl methyl sites for hydroxylation is 1. The number of nitrogens with one attached hydrogen (secondary N) is 1. The van der Waals surface area contributed by atoms with Gasteiger partial charge in [0.1, 0.15) is 24.2 Å². The van der Waals surface area contributed by atoms with Crippen molar-refractivity contribution in [3.05, 3.63) is 41.4 Å². The van der Waals surface area contributed by atoms with Gasteiger partial charge in [-0.2, -0.15) is 4.98 Å². The zero-order chi connectivity index (χ0) is 18.6. The molecule has 5 rings (SSSR count). The number of rotatable bonds is 3. The van der Waals surface area contributed by atoms with Crippen LogP contribution >= 0.6 is 0 Å². The summed E-state index contributed by atoms with van der Waals surface area (Å²) >= 11 is 0. The minimum atomic E-state index is -0.0885. The van der Waals surface area contributed by atoms with Crippen LogP contribution in [0.15, 0.2) is 23.2 Å². The van der Waals surface area contributed by atoms with Crippen LogP contribution in [0.25, 0.3) is 11.1 Å². The van der Waals surface area contributed by atoms with Crippen molar-refractivity contribution in [2.24, 2.45) is 0 Å². The lowest BCUT2D eigenvalue weighted by atomic mass is 10.1. The van der Waals surface area contributed by atoms with E-state index in [2.05, 4.69) is 32.2 Å². The van der Waals surface area contributed by atoms with E-state index >= 15 is 0 Å². The average Bonchev–Trinajstić information content (AvgIpc) is 3.23. The molecule has 0 atom stereocenters. The lowest BCUT2D eigenvalue weighted by molar-refractivity contribution is 0.0732. The number of hydrogen-bond acceptors (Lipinski definition) is 7. The molecule has 0 bridgehead atoms. The second-order valence-corrected chi connectivity index (χ2v) is 7.61. The van der Waals surface area contributed by atoms with Gasteiger partial charge in [0.05, 0.1) is 23.2 Å². The van der Waals surface area contributed by atoms with Gasteiger partial charge in [0.25, 0.3) is 5.91 Å². The van der Waals surface area contributed by atoms with Crippen LogP contribution in [0.5, 0.6) is 0 Å². The van der Waals surface area contributed by atoms with E-state index in [1.54, 1.807) is 4.90 Å². The Kier molecular flexibility index (Phi) is 3.43. The zero-order valence-electron chi connectivity index (χ0n) is 15.3. The molecule has 8 nitrogen and oxygen atoms in total. The summed E-state index contributed by atoms with van der Waals surface area (Å²) in [6.45, 7) is 5.07. The third-order valence-corrected chi connectivity index (χ3v) is 5.36. The molecule has 3 aromatic rings. The van der Waals surface area contributed by atoms with Gasteiger partial charge >= 0.3 is 0 Å². The van der Waals surface area contributed by atoms with Crippen molar-refractivity contribution in [3.63, 3.8) is 0 Å². The molecular weight excluding hydrogens is 344 g/mol. The first-order chi connectivity index (χ1) is 13.0. The molecule has 27 heavy (non-hydrogen) atoms. The van der Waals surface area contributed by atoms with E-state index in [4.69, 9.17) is 4.42 Å². The van der Waals surface area contributed by atoms with Crippen molar-refractivity contribution in [2.45, 2.75) is 45.2 Å². The maximum atomic E-state index is 13.2. The third-order valence-electron chi connectivity index (χ3n) is 5.36. The standard InChI is InChI=1S/C19H20N6O2/c1-11-22-16(24-19(2)4-5-19)15-13(9-27-17(15)23-11)18(26)25-6-3-12-7-20-10-21-14(12)8-25/h7,9-10H,3-6,8H2,1-2H3,(H,22,23,24). The number of fused-ring (bicyclic) bond motifs is 2. The SMILES string of the molecule is Cc1nc(NC2(C)CC2)c2c(C(=O)N3CCc4cncnc4C3)coc2n1. The van der Waals surface area contributed by atoms with E-state index in [-0.39, 0.29) is 11.4 Å². The summed E-state index contributed by atoms with van der Waals surface area (Å²) in [6, 6.07) is 0. The van der Waals surface area contributed by atoms with Crippen molar-refractivity contribution in [1.82, 2.24) is 24.8 Å². The first-order valence-electron chi connectivity index (χ1n) is 9.13. The van der Waals surface area contributed by atoms with Gasteiger partial charge in [-0.15, -0.1) is 0 Å². The molecule has 2 aliphatic rings.